The molecule has 1 atom stereocenters. The van der Waals surface area contributed by atoms with Crippen molar-refractivity contribution in [2.24, 2.45) is 7.05 Å². The zero-order valence-electron chi connectivity index (χ0n) is 11.7. The van der Waals surface area contributed by atoms with Crippen molar-refractivity contribution < 1.29 is 4.79 Å². The molecular formula is C13H24N4O. The van der Waals surface area contributed by atoms with Crippen molar-refractivity contribution in [2.45, 2.75) is 52.2 Å². The molecule has 0 radical (unpaired) electrons. The van der Waals surface area contributed by atoms with Gasteiger partial charge in [0.25, 0.3) is 0 Å². The Bertz CT molecular complexity index is 371. The molecule has 1 aromatic rings. The van der Waals surface area contributed by atoms with E-state index in [9.17, 15) is 4.79 Å². The fourth-order valence-electron chi connectivity index (χ4n) is 1.75. The highest BCUT2D eigenvalue weighted by Crippen LogP contribution is 1.99. The zero-order valence-corrected chi connectivity index (χ0v) is 11.7. The Kier molecular flexibility index (Phi) is 5.85. The van der Waals surface area contributed by atoms with Crippen LogP contribution in [-0.2, 0) is 18.4 Å². The van der Waals surface area contributed by atoms with Crippen LogP contribution in [0.1, 0.15) is 39.2 Å². The second kappa shape index (κ2) is 7.16. The highest BCUT2D eigenvalue weighted by Gasteiger charge is 2.15. The summed E-state index contributed by atoms with van der Waals surface area (Å²) in [6, 6.07) is 0.0888. The van der Waals surface area contributed by atoms with Crippen LogP contribution in [0.2, 0.25) is 0 Å². The number of rotatable bonds is 7. The third-order valence-electron chi connectivity index (χ3n) is 3.10. The third kappa shape index (κ3) is 4.49. The molecule has 0 bridgehead atoms. The van der Waals surface area contributed by atoms with Crippen LogP contribution >= 0.6 is 0 Å². The van der Waals surface area contributed by atoms with Crippen molar-refractivity contribution in [1.82, 2.24) is 20.4 Å². The molecule has 5 nitrogen and oxygen atoms in total. The Hall–Kier alpha value is -1.36. The summed E-state index contributed by atoms with van der Waals surface area (Å²) in [5.74, 6) is 0.0626. The lowest BCUT2D eigenvalue weighted by Gasteiger charge is -2.19. The summed E-state index contributed by atoms with van der Waals surface area (Å²) in [5, 5.41) is 10.3. The fourth-order valence-corrected chi connectivity index (χ4v) is 1.75. The number of nitrogens with zero attached hydrogens (tertiary/aromatic N) is 2. The number of aromatic nitrogens is 2. The van der Waals surface area contributed by atoms with E-state index in [0.717, 1.165) is 18.4 Å². The van der Waals surface area contributed by atoms with Gasteiger partial charge in [0.1, 0.15) is 0 Å². The van der Waals surface area contributed by atoms with Crippen molar-refractivity contribution in [3.8, 4) is 0 Å². The van der Waals surface area contributed by atoms with Crippen molar-refractivity contribution >= 4 is 5.91 Å². The van der Waals surface area contributed by atoms with E-state index < -0.39 is 0 Å². The second-order valence-corrected chi connectivity index (χ2v) is 4.65. The van der Waals surface area contributed by atoms with E-state index in [4.69, 9.17) is 0 Å². The molecule has 1 heterocycles. The van der Waals surface area contributed by atoms with E-state index in [1.807, 2.05) is 20.2 Å². The van der Waals surface area contributed by atoms with Gasteiger partial charge in [0, 0.05) is 31.4 Å². The fraction of sp³-hybridized carbons (Fsp3) is 0.692. The van der Waals surface area contributed by atoms with Crippen LogP contribution < -0.4 is 10.6 Å². The lowest BCUT2D eigenvalue weighted by Crippen LogP contribution is -2.45. The lowest BCUT2D eigenvalue weighted by atomic mass is 10.1. The summed E-state index contributed by atoms with van der Waals surface area (Å²) >= 11 is 0. The Balaban J connectivity index is 2.35. The monoisotopic (exact) mass is 252 g/mol. The van der Waals surface area contributed by atoms with Crippen LogP contribution in [0, 0.1) is 0 Å². The van der Waals surface area contributed by atoms with Gasteiger partial charge in [0.15, 0.2) is 0 Å². The quantitative estimate of drug-likeness (QED) is 0.766. The third-order valence-corrected chi connectivity index (χ3v) is 3.10. The second-order valence-electron chi connectivity index (χ2n) is 4.65. The molecule has 0 aliphatic carbocycles. The Morgan fingerprint density at radius 2 is 2.11 bits per heavy atom. The molecule has 0 spiro atoms. The molecule has 5 heteroatoms. The van der Waals surface area contributed by atoms with Gasteiger partial charge in [0.2, 0.25) is 5.91 Å². The number of hydrogen-bond donors (Lipinski definition) is 2. The summed E-state index contributed by atoms with van der Waals surface area (Å²) in [6.45, 7) is 6.71. The average molecular weight is 252 g/mol. The molecule has 1 unspecified atom stereocenters. The first-order valence-electron chi connectivity index (χ1n) is 6.58. The number of nitrogens with one attached hydrogen (secondary N) is 2. The molecule has 0 aromatic carbocycles. The maximum Gasteiger partial charge on any atom is 0.237 e. The average Bonchev–Trinajstić information content (AvgIpc) is 2.78. The first kappa shape index (κ1) is 14.7. The van der Waals surface area contributed by atoms with E-state index in [-0.39, 0.29) is 18.0 Å². The summed E-state index contributed by atoms with van der Waals surface area (Å²) < 4.78 is 1.76. The van der Waals surface area contributed by atoms with Gasteiger partial charge in [-0.05, 0) is 19.8 Å². The molecule has 0 aliphatic heterocycles. The number of carbonyl (C=O) groups is 1. The minimum absolute atomic E-state index is 0.0626. The van der Waals surface area contributed by atoms with E-state index in [0.29, 0.717) is 6.54 Å². The SMILES string of the molecule is CCC(CC)NC(=O)C(C)NCc1cnn(C)c1. The molecule has 0 saturated carbocycles. The summed E-state index contributed by atoms with van der Waals surface area (Å²) in [6.07, 6.45) is 5.69. The van der Waals surface area contributed by atoms with Gasteiger partial charge in [-0.1, -0.05) is 13.8 Å². The van der Waals surface area contributed by atoms with Gasteiger partial charge in [-0.15, -0.1) is 0 Å². The number of hydrogen-bond acceptors (Lipinski definition) is 3. The first-order chi connectivity index (χ1) is 8.56. The maximum absolute atomic E-state index is 11.9. The van der Waals surface area contributed by atoms with Gasteiger partial charge >= 0.3 is 0 Å². The summed E-state index contributed by atoms with van der Waals surface area (Å²) in [5.41, 5.74) is 1.08. The molecule has 1 rings (SSSR count). The van der Waals surface area contributed by atoms with Crippen LogP contribution in [0.4, 0.5) is 0 Å². The van der Waals surface area contributed by atoms with E-state index in [1.54, 1.807) is 10.9 Å². The highest BCUT2D eigenvalue weighted by molar-refractivity contribution is 5.81. The molecule has 2 N–H and O–H groups in total. The van der Waals surface area contributed by atoms with E-state index in [1.165, 1.54) is 0 Å². The molecule has 102 valence electrons. The standard InChI is InChI=1S/C13H24N4O/c1-5-12(6-2)16-13(18)10(3)14-7-11-8-15-17(4)9-11/h8-10,12,14H,5-7H2,1-4H3,(H,16,18). The topological polar surface area (TPSA) is 59.0 Å². The molecule has 0 fully saturated rings. The molecule has 0 aliphatic rings. The van der Waals surface area contributed by atoms with Crippen molar-refractivity contribution in [2.75, 3.05) is 0 Å². The van der Waals surface area contributed by atoms with Gasteiger partial charge < -0.3 is 10.6 Å². The largest absolute Gasteiger partial charge is 0.352 e. The molecule has 0 saturated heterocycles. The van der Waals surface area contributed by atoms with Gasteiger partial charge in [-0.2, -0.15) is 5.10 Å². The molecular weight excluding hydrogens is 228 g/mol. The normalized spacial score (nSPS) is 12.7. The summed E-state index contributed by atoms with van der Waals surface area (Å²) in [7, 11) is 1.88. The zero-order chi connectivity index (χ0) is 13.5. The van der Waals surface area contributed by atoms with Gasteiger partial charge in [-0.25, -0.2) is 0 Å². The number of carbonyl (C=O) groups excluding carboxylic acids is 1. The van der Waals surface area contributed by atoms with Crippen molar-refractivity contribution in [3.63, 3.8) is 0 Å². The van der Waals surface area contributed by atoms with Crippen LogP contribution in [0.25, 0.3) is 0 Å². The van der Waals surface area contributed by atoms with Crippen LogP contribution in [-0.4, -0.2) is 27.8 Å². The molecule has 1 aromatic heterocycles. The van der Waals surface area contributed by atoms with Crippen molar-refractivity contribution in [1.29, 1.82) is 0 Å². The van der Waals surface area contributed by atoms with E-state index >= 15 is 0 Å². The number of aryl methyl sites for hydroxylation is 1. The van der Waals surface area contributed by atoms with Crippen LogP contribution in [0.3, 0.4) is 0 Å². The van der Waals surface area contributed by atoms with Gasteiger partial charge in [0.05, 0.1) is 12.2 Å². The Morgan fingerprint density at radius 3 is 2.61 bits per heavy atom. The maximum atomic E-state index is 11.9. The summed E-state index contributed by atoms with van der Waals surface area (Å²) in [4.78, 5) is 11.9. The highest BCUT2D eigenvalue weighted by atomic mass is 16.2. The molecule has 1 amide bonds. The van der Waals surface area contributed by atoms with Gasteiger partial charge in [-0.3, -0.25) is 9.48 Å². The van der Waals surface area contributed by atoms with Crippen LogP contribution in [0.15, 0.2) is 12.4 Å². The predicted octanol–water partition coefficient (Wildman–Crippen LogP) is 1.20. The lowest BCUT2D eigenvalue weighted by molar-refractivity contribution is -0.123. The molecule has 18 heavy (non-hydrogen) atoms. The van der Waals surface area contributed by atoms with E-state index in [2.05, 4.69) is 29.6 Å². The first-order valence-corrected chi connectivity index (χ1v) is 6.58. The smallest absolute Gasteiger partial charge is 0.237 e. The number of amides is 1. The minimum Gasteiger partial charge on any atom is -0.352 e. The minimum atomic E-state index is -0.189. The van der Waals surface area contributed by atoms with Crippen molar-refractivity contribution in [3.05, 3.63) is 18.0 Å². The van der Waals surface area contributed by atoms with Crippen LogP contribution in [0.5, 0.6) is 0 Å². The predicted molar refractivity (Wildman–Crippen MR) is 72.0 cm³/mol. The Labute approximate surface area is 109 Å². The Morgan fingerprint density at radius 1 is 1.44 bits per heavy atom.